The minimum Gasteiger partial charge on any atom is -0.394 e. The predicted molar refractivity (Wildman–Crippen MR) is 277 cm³/mol. The van der Waals surface area contributed by atoms with E-state index in [4.69, 9.17) is 18.9 Å². The lowest BCUT2D eigenvalue weighted by Crippen LogP contribution is -2.65. The van der Waals surface area contributed by atoms with Gasteiger partial charge < -0.3 is 65.1 Å². The first kappa shape index (κ1) is 63.5. The summed E-state index contributed by atoms with van der Waals surface area (Å²) in [5.41, 5.74) is 0. The molecule has 0 aromatic rings. The van der Waals surface area contributed by atoms with Gasteiger partial charge in [-0.3, -0.25) is 4.79 Å². The summed E-state index contributed by atoms with van der Waals surface area (Å²) in [6, 6.07) is -0.956. The number of ether oxygens (including phenoxy) is 4. The molecule has 14 heteroatoms. The molecule has 404 valence electrons. The van der Waals surface area contributed by atoms with Gasteiger partial charge in [0.25, 0.3) is 0 Å². The Kier molecular flexibility index (Phi) is 38.0. The van der Waals surface area contributed by atoms with Crippen LogP contribution in [0.4, 0.5) is 0 Å². The van der Waals surface area contributed by atoms with Gasteiger partial charge in [-0.15, -0.1) is 0 Å². The number of amides is 1. The van der Waals surface area contributed by atoms with Gasteiger partial charge in [0.15, 0.2) is 12.6 Å². The fraction of sp³-hybridized carbons (Fsp3) is 0.768. The van der Waals surface area contributed by atoms with Crippen LogP contribution in [0.25, 0.3) is 0 Å². The lowest BCUT2D eigenvalue weighted by Gasteiger charge is -2.46. The highest BCUT2D eigenvalue weighted by atomic mass is 16.7. The maximum atomic E-state index is 13.2. The highest BCUT2D eigenvalue weighted by Gasteiger charge is 2.51. The van der Waals surface area contributed by atoms with Gasteiger partial charge in [0.2, 0.25) is 5.91 Å². The van der Waals surface area contributed by atoms with Crippen LogP contribution >= 0.6 is 0 Å². The highest BCUT2D eigenvalue weighted by Crippen LogP contribution is 2.30. The zero-order chi connectivity index (χ0) is 51.0. The zero-order valence-corrected chi connectivity index (χ0v) is 43.0. The Morgan fingerprint density at radius 1 is 0.529 bits per heavy atom. The number of rotatable bonds is 41. The molecule has 9 N–H and O–H groups in total. The molecule has 0 spiro atoms. The molecule has 12 atom stereocenters. The summed E-state index contributed by atoms with van der Waals surface area (Å²) in [6.45, 7) is 2.62. The Labute approximate surface area is 421 Å². The number of carbonyl (C=O) groups excluding carboxylic acids is 1. The van der Waals surface area contributed by atoms with Crippen molar-refractivity contribution in [2.45, 2.75) is 254 Å². The van der Waals surface area contributed by atoms with Gasteiger partial charge in [-0.05, 0) is 70.6 Å². The van der Waals surface area contributed by atoms with Gasteiger partial charge in [0, 0.05) is 6.42 Å². The predicted octanol–water partition coefficient (Wildman–Crippen LogP) is 7.99. The van der Waals surface area contributed by atoms with E-state index in [1.807, 2.05) is 6.08 Å². The van der Waals surface area contributed by atoms with Crippen molar-refractivity contribution in [1.82, 2.24) is 5.32 Å². The molecular weight excluding hydrogens is 895 g/mol. The molecule has 0 radical (unpaired) electrons. The summed E-state index contributed by atoms with van der Waals surface area (Å²) in [7, 11) is 0. The lowest BCUT2D eigenvalue weighted by molar-refractivity contribution is -0.359. The van der Waals surface area contributed by atoms with Crippen LogP contribution in [-0.4, -0.2) is 140 Å². The molecule has 2 rings (SSSR count). The normalized spacial score (nSPS) is 26.5. The molecule has 2 fully saturated rings. The van der Waals surface area contributed by atoms with Crippen LogP contribution in [0.5, 0.6) is 0 Å². The van der Waals surface area contributed by atoms with Crippen molar-refractivity contribution in [3.63, 3.8) is 0 Å². The van der Waals surface area contributed by atoms with E-state index in [9.17, 15) is 45.6 Å². The minimum atomic E-state index is -1.80. The minimum absolute atomic E-state index is 0.218. The molecule has 14 nitrogen and oxygen atoms in total. The molecule has 70 heavy (non-hydrogen) atoms. The molecule has 0 aromatic carbocycles. The topological polar surface area (TPSA) is 228 Å². The van der Waals surface area contributed by atoms with Crippen molar-refractivity contribution in [1.29, 1.82) is 0 Å². The fourth-order valence-corrected chi connectivity index (χ4v) is 8.47. The average Bonchev–Trinajstić information content (AvgIpc) is 3.36. The third-order valence-electron chi connectivity index (χ3n) is 12.9. The van der Waals surface area contributed by atoms with E-state index in [1.54, 1.807) is 6.08 Å². The Bertz CT molecular complexity index is 1450. The third-order valence-corrected chi connectivity index (χ3v) is 12.9. The molecule has 2 aliphatic heterocycles. The standard InChI is InChI=1S/C56H97NO13/c1-3-5-7-9-11-13-15-17-19-20-21-22-23-24-26-27-29-31-33-35-37-39-45(60)44(57-48(61)40-38-36-34-32-30-28-25-18-16-14-12-10-8-6-4-2)43-67-55-53(66)51(64)54(47(42-59)69-55)70-56-52(65)50(63)49(62)46(41-58)68-56/h6,8,12,14,18,25,29-32,37,39,44-47,49-56,58-60,62-66H,3-5,7,9-11,13,15-17,19-24,26-28,33-36,38,40-43H2,1-2H3,(H,57,61)/b8-6-,14-12-,25-18-,31-29+,32-30-,39-37+. The molecule has 0 aromatic heterocycles. The molecule has 1 amide bonds. The van der Waals surface area contributed by atoms with Crippen LogP contribution in [0, 0.1) is 0 Å². The van der Waals surface area contributed by atoms with Gasteiger partial charge in [-0.1, -0.05) is 177 Å². The van der Waals surface area contributed by atoms with Gasteiger partial charge in [-0.2, -0.15) is 0 Å². The van der Waals surface area contributed by atoms with Crippen molar-refractivity contribution in [3.8, 4) is 0 Å². The van der Waals surface area contributed by atoms with Gasteiger partial charge >= 0.3 is 0 Å². The summed E-state index contributed by atoms with van der Waals surface area (Å²) in [4.78, 5) is 13.2. The van der Waals surface area contributed by atoms with Gasteiger partial charge in [0.05, 0.1) is 32.0 Å². The zero-order valence-electron chi connectivity index (χ0n) is 43.0. The number of nitrogens with one attached hydrogen (secondary N) is 1. The van der Waals surface area contributed by atoms with Gasteiger partial charge in [-0.25, -0.2) is 0 Å². The largest absolute Gasteiger partial charge is 0.394 e. The van der Waals surface area contributed by atoms with Crippen LogP contribution in [0.1, 0.15) is 181 Å². The molecular formula is C56H97NO13. The Morgan fingerprint density at radius 3 is 1.57 bits per heavy atom. The number of hydrogen-bond acceptors (Lipinski definition) is 13. The molecule has 2 heterocycles. The number of carbonyl (C=O) groups is 1. The first-order chi connectivity index (χ1) is 34.1. The summed E-state index contributed by atoms with van der Waals surface area (Å²) >= 11 is 0. The number of aliphatic hydroxyl groups is 8. The fourth-order valence-electron chi connectivity index (χ4n) is 8.47. The van der Waals surface area contributed by atoms with Crippen LogP contribution in [0.2, 0.25) is 0 Å². The quantitative estimate of drug-likeness (QED) is 0.0209. The summed E-state index contributed by atoms with van der Waals surface area (Å²) in [5, 5.41) is 86.8. The number of aliphatic hydroxyl groups excluding tert-OH is 8. The number of unbranched alkanes of at least 4 members (excludes halogenated alkanes) is 18. The van der Waals surface area contributed by atoms with Crippen molar-refractivity contribution in [2.75, 3.05) is 19.8 Å². The average molecular weight is 992 g/mol. The van der Waals surface area contributed by atoms with E-state index in [2.05, 4.69) is 79.9 Å². The van der Waals surface area contributed by atoms with Crippen molar-refractivity contribution in [3.05, 3.63) is 72.9 Å². The second-order valence-electron chi connectivity index (χ2n) is 19.0. The smallest absolute Gasteiger partial charge is 0.220 e. The maximum Gasteiger partial charge on any atom is 0.220 e. The van der Waals surface area contributed by atoms with E-state index in [0.29, 0.717) is 12.8 Å². The summed E-state index contributed by atoms with van der Waals surface area (Å²) in [6.07, 6.45) is 36.6. The first-order valence-corrected chi connectivity index (χ1v) is 27.2. The van der Waals surface area contributed by atoms with E-state index in [0.717, 1.165) is 51.4 Å². The molecule has 0 saturated carbocycles. The molecule has 12 unspecified atom stereocenters. The van der Waals surface area contributed by atoms with Crippen molar-refractivity contribution < 1.29 is 64.6 Å². The second kappa shape index (κ2) is 41.9. The SMILES string of the molecule is CC/C=C\C/C=C\C/C=C\C/C=C\CCCCC(=O)NC(COC1OC(CO)C(OC2OC(CO)C(O)C(O)C2O)C(O)C1O)C(O)/C=C/CC/C=C/CCCCCCCCCCCCCCCCC. The highest BCUT2D eigenvalue weighted by molar-refractivity contribution is 5.76. The molecule has 0 bridgehead atoms. The van der Waals surface area contributed by atoms with E-state index >= 15 is 0 Å². The van der Waals surface area contributed by atoms with Crippen molar-refractivity contribution >= 4 is 5.91 Å². The van der Waals surface area contributed by atoms with Crippen LogP contribution < -0.4 is 5.32 Å². The van der Waals surface area contributed by atoms with E-state index < -0.39 is 86.8 Å². The number of allylic oxidation sites excluding steroid dienone is 11. The summed E-state index contributed by atoms with van der Waals surface area (Å²) in [5.74, 6) is -0.292. The Morgan fingerprint density at radius 2 is 1.00 bits per heavy atom. The molecule has 2 aliphatic rings. The Hall–Kier alpha value is -2.57. The number of hydrogen-bond donors (Lipinski definition) is 9. The summed E-state index contributed by atoms with van der Waals surface area (Å²) < 4.78 is 22.7. The first-order valence-electron chi connectivity index (χ1n) is 27.2. The lowest BCUT2D eigenvalue weighted by atomic mass is 9.97. The van der Waals surface area contributed by atoms with Crippen LogP contribution in [0.15, 0.2) is 72.9 Å². The molecule has 0 aliphatic carbocycles. The second-order valence-corrected chi connectivity index (χ2v) is 19.0. The van der Waals surface area contributed by atoms with Gasteiger partial charge in [0.1, 0.15) is 48.8 Å². The van der Waals surface area contributed by atoms with E-state index in [1.165, 1.54) is 96.3 Å². The van der Waals surface area contributed by atoms with Crippen molar-refractivity contribution in [2.24, 2.45) is 0 Å². The maximum absolute atomic E-state index is 13.2. The Balaban J connectivity index is 1.85. The van der Waals surface area contributed by atoms with Crippen LogP contribution in [0.3, 0.4) is 0 Å². The monoisotopic (exact) mass is 992 g/mol. The molecule has 2 saturated heterocycles. The van der Waals surface area contributed by atoms with E-state index in [-0.39, 0.29) is 18.9 Å². The third kappa shape index (κ3) is 28.0. The van der Waals surface area contributed by atoms with Crippen LogP contribution in [-0.2, 0) is 23.7 Å².